The van der Waals surface area contributed by atoms with E-state index in [2.05, 4.69) is 69.3 Å². The lowest BCUT2D eigenvalue weighted by molar-refractivity contribution is 0.0448. The Kier molecular flexibility index (Phi) is 4.89. The number of para-hydroxylation sites is 1. The Balaban J connectivity index is 1.22. The van der Waals surface area contributed by atoms with Crippen LogP contribution in [0.2, 0.25) is 0 Å². The van der Waals surface area contributed by atoms with E-state index in [-0.39, 0.29) is 0 Å². The SMILES string of the molecule is c1ccc(N2CCN(CN3CCC[C@H]4c5ccccc5CC[C@@H]43)CC2)cc1. The van der Waals surface area contributed by atoms with E-state index in [1.165, 1.54) is 51.0 Å². The Hall–Kier alpha value is -1.84. The van der Waals surface area contributed by atoms with Crippen LogP contribution in [0.1, 0.15) is 36.3 Å². The van der Waals surface area contributed by atoms with Gasteiger partial charge in [0.2, 0.25) is 0 Å². The molecule has 27 heavy (non-hydrogen) atoms. The largest absolute Gasteiger partial charge is 0.369 e. The second-order valence-electron chi connectivity index (χ2n) is 8.45. The quantitative estimate of drug-likeness (QED) is 0.819. The summed E-state index contributed by atoms with van der Waals surface area (Å²) in [5, 5.41) is 0. The number of rotatable bonds is 3. The summed E-state index contributed by atoms with van der Waals surface area (Å²) >= 11 is 0. The third-order valence-corrected chi connectivity index (χ3v) is 6.93. The van der Waals surface area contributed by atoms with E-state index in [1.54, 1.807) is 11.1 Å². The normalized spacial score (nSPS) is 26.4. The summed E-state index contributed by atoms with van der Waals surface area (Å²) < 4.78 is 0. The van der Waals surface area contributed by atoms with Gasteiger partial charge in [-0.3, -0.25) is 9.80 Å². The molecule has 3 heteroatoms. The van der Waals surface area contributed by atoms with Crippen molar-refractivity contribution >= 4 is 5.69 Å². The number of nitrogens with zero attached hydrogens (tertiary/aromatic N) is 3. The summed E-state index contributed by atoms with van der Waals surface area (Å²) in [5.74, 6) is 0.759. The van der Waals surface area contributed by atoms with Gasteiger partial charge in [0.1, 0.15) is 0 Å². The van der Waals surface area contributed by atoms with Crippen LogP contribution in [0.4, 0.5) is 5.69 Å². The van der Waals surface area contributed by atoms with Crippen molar-refractivity contribution in [2.24, 2.45) is 0 Å². The minimum Gasteiger partial charge on any atom is -0.369 e. The Morgan fingerprint density at radius 2 is 1.56 bits per heavy atom. The van der Waals surface area contributed by atoms with Crippen LogP contribution < -0.4 is 4.90 Å². The summed E-state index contributed by atoms with van der Waals surface area (Å²) in [4.78, 5) is 8.02. The minimum absolute atomic E-state index is 0.751. The maximum Gasteiger partial charge on any atom is 0.0510 e. The number of aryl methyl sites for hydroxylation is 1. The van der Waals surface area contributed by atoms with Crippen molar-refractivity contribution in [2.75, 3.05) is 44.3 Å². The zero-order valence-corrected chi connectivity index (χ0v) is 16.3. The average Bonchev–Trinajstić information content (AvgIpc) is 2.75. The lowest BCUT2D eigenvalue weighted by atomic mass is 9.74. The van der Waals surface area contributed by atoms with E-state index in [4.69, 9.17) is 0 Å². The second-order valence-corrected chi connectivity index (χ2v) is 8.45. The van der Waals surface area contributed by atoms with Gasteiger partial charge >= 0.3 is 0 Å². The van der Waals surface area contributed by atoms with E-state index >= 15 is 0 Å². The van der Waals surface area contributed by atoms with Crippen LogP contribution in [0.15, 0.2) is 54.6 Å². The standard InChI is InChI=1S/C24H31N3/c1-2-8-21(9-3-1)26-17-15-25(16-18-26)19-27-14-6-11-23-22-10-5-4-7-20(22)12-13-24(23)27/h1-5,7-10,23-24H,6,11-19H2/t23-,24-/m0/s1. The number of piperidine rings is 1. The molecule has 3 nitrogen and oxygen atoms in total. The molecule has 0 N–H and O–H groups in total. The molecule has 2 aromatic carbocycles. The van der Waals surface area contributed by atoms with Crippen LogP contribution >= 0.6 is 0 Å². The average molecular weight is 362 g/mol. The maximum absolute atomic E-state index is 2.81. The van der Waals surface area contributed by atoms with Gasteiger partial charge in [0, 0.05) is 37.9 Å². The van der Waals surface area contributed by atoms with Crippen molar-refractivity contribution in [1.29, 1.82) is 0 Å². The molecule has 2 saturated heterocycles. The molecular formula is C24H31N3. The highest BCUT2D eigenvalue weighted by molar-refractivity contribution is 5.46. The van der Waals surface area contributed by atoms with Crippen LogP contribution in [0.3, 0.4) is 0 Å². The molecule has 0 radical (unpaired) electrons. The van der Waals surface area contributed by atoms with Crippen LogP contribution in [-0.4, -0.2) is 55.2 Å². The van der Waals surface area contributed by atoms with Crippen molar-refractivity contribution in [3.05, 3.63) is 65.7 Å². The molecule has 0 saturated carbocycles. The molecule has 5 rings (SSSR count). The first-order valence-electron chi connectivity index (χ1n) is 10.7. The predicted molar refractivity (Wildman–Crippen MR) is 112 cm³/mol. The fourth-order valence-electron chi connectivity index (χ4n) is 5.52. The summed E-state index contributed by atoms with van der Waals surface area (Å²) in [6.45, 7) is 7.09. The summed E-state index contributed by atoms with van der Waals surface area (Å²) in [7, 11) is 0. The smallest absolute Gasteiger partial charge is 0.0510 e. The Morgan fingerprint density at radius 3 is 2.41 bits per heavy atom. The van der Waals surface area contributed by atoms with Gasteiger partial charge in [-0.05, 0) is 61.4 Å². The number of benzene rings is 2. The van der Waals surface area contributed by atoms with Gasteiger partial charge in [0.05, 0.1) is 6.67 Å². The summed E-state index contributed by atoms with van der Waals surface area (Å²) in [6, 6.07) is 20.8. The molecule has 2 aromatic rings. The van der Waals surface area contributed by atoms with Gasteiger partial charge in [-0.1, -0.05) is 42.5 Å². The van der Waals surface area contributed by atoms with Crippen LogP contribution in [0.25, 0.3) is 0 Å². The molecular weight excluding hydrogens is 330 g/mol. The number of likely N-dealkylation sites (tertiary alicyclic amines) is 1. The highest BCUT2D eigenvalue weighted by Gasteiger charge is 2.36. The zero-order valence-electron chi connectivity index (χ0n) is 16.3. The van der Waals surface area contributed by atoms with E-state index in [9.17, 15) is 0 Å². The van der Waals surface area contributed by atoms with Gasteiger partial charge in [-0.25, -0.2) is 0 Å². The van der Waals surface area contributed by atoms with Gasteiger partial charge in [-0.2, -0.15) is 0 Å². The fraction of sp³-hybridized carbons (Fsp3) is 0.500. The zero-order chi connectivity index (χ0) is 18.1. The highest BCUT2D eigenvalue weighted by atomic mass is 15.4. The van der Waals surface area contributed by atoms with Crippen LogP contribution in [0, 0.1) is 0 Å². The first-order chi connectivity index (χ1) is 13.4. The molecule has 2 aliphatic heterocycles. The van der Waals surface area contributed by atoms with E-state index < -0.39 is 0 Å². The van der Waals surface area contributed by atoms with Gasteiger partial charge in [-0.15, -0.1) is 0 Å². The number of hydrogen-bond donors (Lipinski definition) is 0. The van der Waals surface area contributed by atoms with Gasteiger partial charge in [0.15, 0.2) is 0 Å². The molecule has 0 amide bonds. The van der Waals surface area contributed by atoms with Crippen LogP contribution in [0.5, 0.6) is 0 Å². The van der Waals surface area contributed by atoms with Crippen LogP contribution in [-0.2, 0) is 6.42 Å². The number of piperazine rings is 1. The Bertz CT molecular complexity index is 751. The monoisotopic (exact) mass is 361 g/mol. The van der Waals surface area contributed by atoms with Crippen molar-refractivity contribution < 1.29 is 0 Å². The molecule has 0 unspecified atom stereocenters. The molecule has 2 fully saturated rings. The maximum atomic E-state index is 2.81. The first kappa shape index (κ1) is 17.3. The molecule has 2 heterocycles. The third-order valence-electron chi connectivity index (χ3n) is 6.93. The molecule has 0 aromatic heterocycles. The lowest BCUT2D eigenvalue weighted by Gasteiger charge is -2.47. The lowest BCUT2D eigenvalue weighted by Crippen LogP contribution is -2.55. The third kappa shape index (κ3) is 3.51. The Labute approximate surface area is 163 Å². The minimum atomic E-state index is 0.751. The van der Waals surface area contributed by atoms with Crippen molar-refractivity contribution in [1.82, 2.24) is 9.80 Å². The number of fused-ring (bicyclic) bond motifs is 3. The number of hydrogen-bond acceptors (Lipinski definition) is 3. The van der Waals surface area contributed by atoms with Gasteiger partial charge < -0.3 is 4.90 Å². The second kappa shape index (κ2) is 7.65. The Morgan fingerprint density at radius 1 is 0.778 bits per heavy atom. The first-order valence-corrected chi connectivity index (χ1v) is 10.7. The highest BCUT2D eigenvalue weighted by Crippen LogP contribution is 2.40. The van der Waals surface area contributed by atoms with Crippen molar-refractivity contribution in [3.63, 3.8) is 0 Å². The molecule has 1 aliphatic carbocycles. The topological polar surface area (TPSA) is 9.72 Å². The molecule has 3 aliphatic rings. The molecule has 2 atom stereocenters. The van der Waals surface area contributed by atoms with E-state index in [1.807, 2.05) is 0 Å². The van der Waals surface area contributed by atoms with Crippen molar-refractivity contribution in [2.45, 2.75) is 37.6 Å². The summed E-state index contributed by atoms with van der Waals surface area (Å²) in [6.07, 6.45) is 5.32. The molecule has 0 bridgehead atoms. The molecule has 142 valence electrons. The van der Waals surface area contributed by atoms with E-state index in [0.29, 0.717) is 0 Å². The fourth-order valence-corrected chi connectivity index (χ4v) is 5.52. The number of anilines is 1. The van der Waals surface area contributed by atoms with Gasteiger partial charge in [0.25, 0.3) is 0 Å². The van der Waals surface area contributed by atoms with Crippen molar-refractivity contribution in [3.8, 4) is 0 Å². The summed E-state index contributed by atoms with van der Waals surface area (Å²) in [5.41, 5.74) is 4.63. The molecule has 0 spiro atoms. The van der Waals surface area contributed by atoms with E-state index in [0.717, 1.165) is 31.7 Å². The predicted octanol–water partition coefficient (Wildman–Crippen LogP) is 3.96.